The van der Waals surface area contributed by atoms with Crippen LogP contribution in [0.1, 0.15) is 64.2 Å². The predicted molar refractivity (Wildman–Crippen MR) is 96.8 cm³/mol. The van der Waals surface area contributed by atoms with E-state index in [9.17, 15) is 9.59 Å². The minimum Gasteiger partial charge on any atom is -0.481 e. The van der Waals surface area contributed by atoms with E-state index >= 15 is 0 Å². The second-order valence-corrected chi connectivity index (χ2v) is 7.48. The summed E-state index contributed by atoms with van der Waals surface area (Å²) in [5, 5.41) is 8.94. The molecule has 0 aliphatic carbocycles. The summed E-state index contributed by atoms with van der Waals surface area (Å²) in [5.41, 5.74) is 0. The maximum absolute atomic E-state index is 11.9. The van der Waals surface area contributed by atoms with Crippen molar-refractivity contribution in [3.63, 3.8) is 0 Å². The van der Waals surface area contributed by atoms with Crippen molar-refractivity contribution in [2.75, 3.05) is 27.7 Å². The molecule has 0 aromatic rings. The van der Waals surface area contributed by atoms with Gasteiger partial charge in [-0.15, -0.1) is 6.58 Å². The van der Waals surface area contributed by atoms with Crippen molar-refractivity contribution in [3.05, 3.63) is 12.7 Å². The highest BCUT2D eigenvalue weighted by molar-refractivity contribution is 5.71. The van der Waals surface area contributed by atoms with Crippen LogP contribution in [0, 0.1) is 0 Å². The van der Waals surface area contributed by atoms with Gasteiger partial charge in [0, 0.05) is 6.42 Å². The third kappa shape index (κ3) is 15.5. The molecule has 1 N–H and O–H groups in total. The molecule has 1 atom stereocenters. The number of aliphatic carboxylic acids is 1. The summed E-state index contributed by atoms with van der Waals surface area (Å²) in [6.07, 6.45) is 10.6. The van der Waals surface area contributed by atoms with E-state index in [1.165, 1.54) is 25.7 Å². The maximum atomic E-state index is 11.9. The minimum absolute atomic E-state index is 0.133. The molecule has 0 bridgehead atoms. The summed E-state index contributed by atoms with van der Waals surface area (Å²) in [5.74, 6) is -1.21. The molecule has 0 amide bonds. The monoisotopic (exact) mass is 342 g/mol. The molecule has 0 aromatic heterocycles. The van der Waals surface area contributed by atoms with Crippen molar-refractivity contribution in [2.45, 2.75) is 70.3 Å². The Morgan fingerprint density at radius 3 is 2.08 bits per heavy atom. The van der Waals surface area contributed by atoms with E-state index in [0.29, 0.717) is 17.4 Å². The summed E-state index contributed by atoms with van der Waals surface area (Å²) in [6.45, 7) is 4.22. The Balaban J connectivity index is 3.84. The van der Waals surface area contributed by atoms with Crippen LogP contribution >= 0.6 is 0 Å². The molecule has 5 nitrogen and oxygen atoms in total. The third-order valence-corrected chi connectivity index (χ3v) is 3.74. The SMILES string of the molecule is C=CCCCCCCCCCC(=O)OC(CC(=O)O)C[N+](C)(C)C. The lowest BCUT2D eigenvalue weighted by molar-refractivity contribution is -0.873. The van der Waals surface area contributed by atoms with Gasteiger partial charge in [-0.25, -0.2) is 0 Å². The molecule has 0 saturated carbocycles. The number of carbonyl (C=O) groups is 2. The van der Waals surface area contributed by atoms with Gasteiger partial charge in [-0.1, -0.05) is 38.2 Å². The Labute approximate surface area is 147 Å². The molecule has 140 valence electrons. The minimum atomic E-state index is -0.933. The van der Waals surface area contributed by atoms with Gasteiger partial charge in [-0.3, -0.25) is 9.59 Å². The van der Waals surface area contributed by atoms with E-state index in [1.54, 1.807) is 0 Å². The third-order valence-electron chi connectivity index (χ3n) is 3.74. The van der Waals surface area contributed by atoms with E-state index in [4.69, 9.17) is 9.84 Å². The quantitative estimate of drug-likeness (QED) is 0.213. The zero-order valence-electron chi connectivity index (χ0n) is 15.8. The zero-order chi connectivity index (χ0) is 18.4. The van der Waals surface area contributed by atoms with Gasteiger partial charge < -0.3 is 14.3 Å². The van der Waals surface area contributed by atoms with E-state index in [-0.39, 0.29) is 12.4 Å². The van der Waals surface area contributed by atoms with Gasteiger partial charge in [-0.05, 0) is 19.3 Å². The van der Waals surface area contributed by atoms with E-state index < -0.39 is 12.1 Å². The fourth-order valence-electron chi connectivity index (χ4n) is 2.64. The predicted octanol–water partition coefficient (Wildman–Crippen LogP) is 3.78. The standard InChI is InChI=1S/C19H35NO4/c1-5-6-7-8-9-10-11-12-13-14-19(23)24-17(15-18(21)22)16-20(2,3)4/h5,17H,1,6-16H2,2-4H3/p+1. The molecule has 0 fully saturated rings. The molecule has 0 aliphatic rings. The van der Waals surface area contributed by atoms with Crippen molar-refractivity contribution in [3.8, 4) is 0 Å². The summed E-state index contributed by atoms with van der Waals surface area (Å²) in [7, 11) is 5.87. The van der Waals surface area contributed by atoms with Crippen LogP contribution in [0.2, 0.25) is 0 Å². The van der Waals surface area contributed by atoms with Crippen molar-refractivity contribution in [1.29, 1.82) is 0 Å². The second-order valence-electron chi connectivity index (χ2n) is 7.48. The molecule has 1 unspecified atom stereocenters. The molecule has 0 radical (unpaired) electrons. The lowest BCUT2D eigenvalue weighted by atomic mass is 10.1. The second kappa shape index (κ2) is 13.0. The fraction of sp³-hybridized carbons (Fsp3) is 0.789. The molecule has 5 heteroatoms. The fourth-order valence-corrected chi connectivity index (χ4v) is 2.64. The number of likely N-dealkylation sites (N-methyl/N-ethyl adjacent to an activating group) is 1. The van der Waals surface area contributed by atoms with Crippen LogP contribution in [-0.2, 0) is 14.3 Å². The molecular formula is C19H36NO4+. The Hall–Kier alpha value is -1.36. The Morgan fingerprint density at radius 1 is 1.04 bits per heavy atom. The first-order valence-corrected chi connectivity index (χ1v) is 9.07. The van der Waals surface area contributed by atoms with Crippen LogP contribution in [0.5, 0.6) is 0 Å². The van der Waals surface area contributed by atoms with Gasteiger partial charge in [-0.2, -0.15) is 0 Å². The number of unbranched alkanes of at least 4 members (excludes halogenated alkanes) is 7. The molecule has 0 rings (SSSR count). The van der Waals surface area contributed by atoms with Crippen LogP contribution < -0.4 is 0 Å². The molecule has 24 heavy (non-hydrogen) atoms. The number of rotatable bonds is 15. The number of carbonyl (C=O) groups excluding carboxylic acids is 1. The van der Waals surface area contributed by atoms with Crippen LogP contribution in [-0.4, -0.2) is 55.3 Å². The van der Waals surface area contributed by atoms with Crippen LogP contribution in [0.25, 0.3) is 0 Å². The Morgan fingerprint density at radius 2 is 1.58 bits per heavy atom. The molecule has 0 spiro atoms. The number of hydrogen-bond acceptors (Lipinski definition) is 3. The summed E-state index contributed by atoms with van der Waals surface area (Å²) >= 11 is 0. The first kappa shape index (κ1) is 22.6. The molecule has 0 saturated heterocycles. The molecule has 0 aliphatic heterocycles. The molecular weight excluding hydrogens is 306 g/mol. The van der Waals surface area contributed by atoms with Crippen LogP contribution in [0.15, 0.2) is 12.7 Å². The van der Waals surface area contributed by atoms with Gasteiger partial charge in [0.2, 0.25) is 0 Å². The number of hydrogen-bond donors (Lipinski definition) is 1. The normalized spacial score (nSPS) is 12.6. The molecule has 0 heterocycles. The lowest BCUT2D eigenvalue weighted by Crippen LogP contribution is -2.43. The number of allylic oxidation sites excluding steroid dienone is 1. The van der Waals surface area contributed by atoms with Gasteiger partial charge >= 0.3 is 11.9 Å². The summed E-state index contributed by atoms with van der Waals surface area (Å²) in [4.78, 5) is 22.8. The average molecular weight is 343 g/mol. The smallest absolute Gasteiger partial charge is 0.307 e. The van der Waals surface area contributed by atoms with Crippen molar-refractivity contribution in [2.24, 2.45) is 0 Å². The largest absolute Gasteiger partial charge is 0.481 e. The average Bonchev–Trinajstić information content (AvgIpc) is 2.42. The highest BCUT2D eigenvalue weighted by Crippen LogP contribution is 2.12. The highest BCUT2D eigenvalue weighted by atomic mass is 16.5. The summed E-state index contributed by atoms with van der Waals surface area (Å²) in [6, 6.07) is 0. The van der Waals surface area contributed by atoms with Crippen molar-refractivity contribution >= 4 is 11.9 Å². The van der Waals surface area contributed by atoms with E-state index in [0.717, 1.165) is 25.7 Å². The lowest BCUT2D eigenvalue weighted by Gasteiger charge is -2.28. The maximum Gasteiger partial charge on any atom is 0.307 e. The number of esters is 1. The number of nitrogens with zero attached hydrogens (tertiary/aromatic N) is 1. The van der Waals surface area contributed by atoms with E-state index in [2.05, 4.69) is 6.58 Å². The van der Waals surface area contributed by atoms with Gasteiger partial charge in [0.15, 0.2) is 6.10 Å². The first-order valence-electron chi connectivity index (χ1n) is 9.07. The molecule has 0 aromatic carbocycles. The number of ether oxygens (including phenoxy) is 1. The number of quaternary nitrogens is 1. The van der Waals surface area contributed by atoms with Crippen LogP contribution in [0.3, 0.4) is 0 Å². The first-order chi connectivity index (χ1) is 11.2. The summed E-state index contributed by atoms with van der Waals surface area (Å²) < 4.78 is 5.93. The number of carboxylic acid groups (broad SMARTS) is 1. The zero-order valence-corrected chi connectivity index (χ0v) is 15.8. The van der Waals surface area contributed by atoms with Crippen molar-refractivity contribution in [1.82, 2.24) is 0 Å². The highest BCUT2D eigenvalue weighted by Gasteiger charge is 2.24. The van der Waals surface area contributed by atoms with E-state index in [1.807, 2.05) is 27.2 Å². The Kier molecular flexibility index (Phi) is 12.3. The van der Waals surface area contributed by atoms with Gasteiger partial charge in [0.1, 0.15) is 6.54 Å². The van der Waals surface area contributed by atoms with Gasteiger partial charge in [0.25, 0.3) is 0 Å². The number of carboxylic acids is 1. The van der Waals surface area contributed by atoms with Crippen molar-refractivity contribution < 1.29 is 23.9 Å². The van der Waals surface area contributed by atoms with Crippen LogP contribution in [0.4, 0.5) is 0 Å². The topological polar surface area (TPSA) is 63.6 Å². The Bertz CT molecular complexity index is 374. The van der Waals surface area contributed by atoms with Gasteiger partial charge in [0.05, 0.1) is 27.6 Å².